The zero-order valence-electron chi connectivity index (χ0n) is 21.6. The standard InChI is InChI=1S/C25H33N5O5S2/c1-17-11-21(34-4)12-18(2)24(17)37(32,33)29(3)10-7-20-13-19(16-35-20)25(31)26-14-22-27-28-23(36-22)15-30-8-5-6-9-30/h11-13,16H,5-10,14-15H2,1-4H3,(H,26,31). The number of methoxy groups -OCH3 is 1. The van der Waals surface area contributed by atoms with Gasteiger partial charge in [0.15, 0.2) is 0 Å². The minimum atomic E-state index is -3.71. The van der Waals surface area contributed by atoms with Gasteiger partial charge in [0, 0.05) is 20.0 Å². The first-order valence-corrected chi connectivity index (χ1v) is 14.4. The Morgan fingerprint density at radius 2 is 1.84 bits per heavy atom. The van der Waals surface area contributed by atoms with Gasteiger partial charge in [0.2, 0.25) is 10.0 Å². The number of aromatic nitrogens is 2. The molecule has 0 radical (unpaired) electrons. The molecule has 4 rings (SSSR count). The number of ether oxygens (including phenoxy) is 1. The van der Waals surface area contributed by atoms with Gasteiger partial charge in [0.25, 0.3) is 5.91 Å². The number of likely N-dealkylation sites (tertiary alicyclic amines) is 1. The highest BCUT2D eigenvalue weighted by molar-refractivity contribution is 7.89. The van der Waals surface area contributed by atoms with Gasteiger partial charge in [-0.05, 0) is 69.1 Å². The molecule has 0 aliphatic carbocycles. The predicted molar refractivity (Wildman–Crippen MR) is 140 cm³/mol. The Morgan fingerprint density at radius 1 is 1.16 bits per heavy atom. The molecule has 0 atom stereocenters. The van der Waals surface area contributed by atoms with Gasteiger partial charge in [-0.3, -0.25) is 9.69 Å². The van der Waals surface area contributed by atoms with Gasteiger partial charge < -0.3 is 14.5 Å². The first kappa shape index (κ1) is 27.2. The van der Waals surface area contributed by atoms with Crippen molar-refractivity contribution in [2.24, 2.45) is 0 Å². The van der Waals surface area contributed by atoms with Crippen molar-refractivity contribution >= 4 is 27.3 Å². The number of likely N-dealkylation sites (N-methyl/N-ethyl adjacent to an activating group) is 1. The third-order valence-electron chi connectivity index (χ3n) is 6.39. The number of hydrogen-bond acceptors (Lipinski definition) is 9. The predicted octanol–water partition coefficient (Wildman–Crippen LogP) is 3.15. The Labute approximate surface area is 221 Å². The van der Waals surface area contributed by atoms with Crippen molar-refractivity contribution in [3.63, 3.8) is 0 Å². The first-order valence-electron chi connectivity index (χ1n) is 12.2. The Morgan fingerprint density at radius 3 is 2.51 bits per heavy atom. The summed E-state index contributed by atoms with van der Waals surface area (Å²) in [5.41, 5.74) is 1.63. The average Bonchev–Trinajstić information content (AvgIpc) is 3.63. The number of carbonyl (C=O) groups is 1. The van der Waals surface area contributed by atoms with E-state index in [1.807, 2.05) is 0 Å². The van der Waals surface area contributed by atoms with Crippen LogP contribution in [0.2, 0.25) is 0 Å². The van der Waals surface area contributed by atoms with Crippen LogP contribution >= 0.6 is 11.3 Å². The van der Waals surface area contributed by atoms with Crippen LogP contribution in [0.5, 0.6) is 5.75 Å². The van der Waals surface area contributed by atoms with Crippen LogP contribution in [0.15, 0.2) is 33.8 Å². The molecule has 200 valence electrons. The van der Waals surface area contributed by atoms with Crippen molar-refractivity contribution in [2.75, 3.05) is 33.8 Å². The summed E-state index contributed by atoms with van der Waals surface area (Å²) in [5.74, 6) is 0.863. The molecule has 2 aromatic heterocycles. The summed E-state index contributed by atoms with van der Waals surface area (Å²) < 4.78 is 38.5. The van der Waals surface area contributed by atoms with E-state index in [1.165, 1.54) is 41.8 Å². The first-order chi connectivity index (χ1) is 17.7. The Hall–Kier alpha value is -2.80. The monoisotopic (exact) mass is 547 g/mol. The van der Waals surface area contributed by atoms with Gasteiger partial charge in [-0.2, -0.15) is 0 Å². The Kier molecular flexibility index (Phi) is 8.63. The molecule has 3 heterocycles. The molecule has 0 spiro atoms. The number of amides is 1. The van der Waals surface area contributed by atoms with E-state index in [2.05, 4.69) is 20.4 Å². The average molecular weight is 548 g/mol. The van der Waals surface area contributed by atoms with Crippen LogP contribution in [-0.2, 0) is 29.5 Å². The number of furan rings is 1. The number of aryl methyl sites for hydroxylation is 2. The van der Waals surface area contributed by atoms with E-state index in [1.54, 1.807) is 39.2 Å². The third-order valence-corrected chi connectivity index (χ3v) is 9.46. The molecule has 1 aliphatic rings. The number of carbonyl (C=O) groups excluding carboxylic acids is 1. The second-order valence-electron chi connectivity index (χ2n) is 9.22. The molecule has 1 fully saturated rings. The van der Waals surface area contributed by atoms with E-state index in [0.29, 0.717) is 41.2 Å². The van der Waals surface area contributed by atoms with Gasteiger partial charge >= 0.3 is 0 Å². The summed E-state index contributed by atoms with van der Waals surface area (Å²) in [7, 11) is -0.621. The quantitative estimate of drug-likeness (QED) is 0.389. The highest BCUT2D eigenvalue weighted by Gasteiger charge is 2.26. The fraction of sp³-hybridized carbons (Fsp3) is 0.480. The number of rotatable bonds is 11. The molecule has 1 amide bonds. The lowest BCUT2D eigenvalue weighted by molar-refractivity contribution is 0.0950. The molecule has 1 aliphatic heterocycles. The maximum absolute atomic E-state index is 13.2. The summed E-state index contributed by atoms with van der Waals surface area (Å²) in [6.07, 6.45) is 4.16. The zero-order valence-corrected chi connectivity index (χ0v) is 23.2. The molecule has 3 aromatic rings. The fourth-order valence-corrected chi connectivity index (χ4v) is 6.83. The summed E-state index contributed by atoms with van der Waals surface area (Å²) in [5, 5.41) is 13.0. The van der Waals surface area contributed by atoms with Gasteiger partial charge in [-0.15, -0.1) is 10.2 Å². The highest BCUT2D eigenvalue weighted by atomic mass is 32.2. The van der Waals surface area contributed by atoms with Crippen LogP contribution in [0, 0.1) is 13.8 Å². The molecule has 1 N–H and O–H groups in total. The molecule has 1 aromatic carbocycles. The second-order valence-corrected chi connectivity index (χ2v) is 12.4. The SMILES string of the molecule is COc1cc(C)c(S(=O)(=O)N(C)CCc2cc(C(=O)NCc3nnc(CN4CCCC4)s3)co2)c(C)c1. The molecular weight excluding hydrogens is 514 g/mol. The summed E-state index contributed by atoms with van der Waals surface area (Å²) in [6, 6.07) is 5.06. The van der Waals surface area contributed by atoms with Gasteiger partial charge in [0.05, 0.1) is 30.7 Å². The van der Waals surface area contributed by atoms with Crippen molar-refractivity contribution in [2.45, 2.75) is 51.1 Å². The van der Waals surface area contributed by atoms with Gasteiger partial charge in [-0.25, -0.2) is 12.7 Å². The van der Waals surface area contributed by atoms with Gasteiger partial charge in [-0.1, -0.05) is 11.3 Å². The lowest BCUT2D eigenvalue weighted by Gasteiger charge is -2.20. The molecule has 10 nitrogen and oxygen atoms in total. The maximum Gasteiger partial charge on any atom is 0.254 e. The molecule has 12 heteroatoms. The van der Waals surface area contributed by atoms with Crippen LogP contribution < -0.4 is 10.1 Å². The minimum absolute atomic E-state index is 0.201. The lowest BCUT2D eigenvalue weighted by atomic mass is 10.1. The minimum Gasteiger partial charge on any atom is -0.497 e. The highest BCUT2D eigenvalue weighted by Crippen LogP contribution is 2.28. The summed E-state index contributed by atoms with van der Waals surface area (Å²) in [4.78, 5) is 15.2. The van der Waals surface area contributed by atoms with Crippen LogP contribution in [0.1, 0.15) is 50.1 Å². The lowest BCUT2D eigenvalue weighted by Crippen LogP contribution is -2.30. The smallest absolute Gasteiger partial charge is 0.254 e. The van der Waals surface area contributed by atoms with E-state index in [-0.39, 0.29) is 17.3 Å². The van der Waals surface area contributed by atoms with Crippen molar-refractivity contribution < 1.29 is 22.4 Å². The van der Waals surface area contributed by atoms with Crippen molar-refractivity contribution in [1.82, 2.24) is 24.7 Å². The molecule has 1 saturated heterocycles. The number of hydrogen-bond donors (Lipinski definition) is 1. The molecular formula is C25H33N5O5S2. The molecule has 0 saturated carbocycles. The number of benzene rings is 1. The Bertz CT molecular complexity index is 1320. The van der Waals surface area contributed by atoms with Crippen LogP contribution in [0.4, 0.5) is 0 Å². The molecule has 0 bridgehead atoms. The van der Waals surface area contributed by atoms with Crippen molar-refractivity contribution in [3.8, 4) is 5.75 Å². The van der Waals surface area contributed by atoms with Crippen LogP contribution in [0.3, 0.4) is 0 Å². The number of sulfonamides is 1. The van der Waals surface area contributed by atoms with E-state index in [9.17, 15) is 13.2 Å². The third kappa shape index (κ3) is 6.56. The normalized spacial score (nSPS) is 14.4. The van der Waals surface area contributed by atoms with Crippen molar-refractivity contribution in [1.29, 1.82) is 0 Å². The summed E-state index contributed by atoms with van der Waals surface area (Å²) in [6.45, 7) is 6.99. The van der Waals surface area contributed by atoms with Crippen LogP contribution in [0.25, 0.3) is 0 Å². The van der Waals surface area contributed by atoms with Crippen LogP contribution in [-0.4, -0.2) is 67.5 Å². The fourth-order valence-electron chi connectivity index (χ4n) is 4.42. The van der Waals surface area contributed by atoms with E-state index >= 15 is 0 Å². The van der Waals surface area contributed by atoms with Crippen molar-refractivity contribution in [3.05, 3.63) is 56.9 Å². The molecule has 37 heavy (non-hydrogen) atoms. The largest absolute Gasteiger partial charge is 0.497 e. The zero-order chi connectivity index (χ0) is 26.6. The van der Waals surface area contributed by atoms with E-state index in [4.69, 9.17) is 9.15 Å². The second kappa shape index (κ2) is 11.7. The van der Waals surface area contributed by atoms with Gasteiger partial charge in [0.1, 0.15) is 27.8 Å². The Balaban J connectivity index is 1.30. The summed E-state index contributed by atoms with van der Waals surface area (Å²) >= 11 is 1.51. The van der Waals surface area contributed by atoms with E-state index < -0.39 is 10.0 Å². The topological polar surface area (TPSA) is 118 Å². The number of nitrogens with zero attached hydrogens (tertiary/aromatic N) is 4. The number of nitrogens with one attached hydrogen (secondary N) is 1. The van der Waals surface area contributed by atoms with E-state index in [0.717, 1.165) is 29.6 Å². The maximum atomic E-state index is 13.2. The molecule has 0 unspecified atom stereocenters.